The first-order valence-corrected chi connectivity index (χ1v) is 8.12. The number of rotatable bonds is 5. The van der Waals surface area contributed by atoms with Crippen molar-refractivity contribution in [3.8, 4) is 0 Å². The minimum Gasteiger partial charge on any atom is -0.342 e. The zero-order valence-electron chi connectivity index (χ0n) is 11.3. The predicted molar refractivity (Wildman–Crippen MR) is 78.1 cm³/mol. The summed E-state index contributed by atoms with van der Waals surface area (Å²) in [6.45, 7) is 4.97. The van der Waals surface area contributed by atoms with Crippen LogP contribution in [-0.2, 0) is 9.59 Å². The van der Waals surface area contributed by atoms with E-state index in [4.69, 9.17) is 0 Å². The molecule has 0 aromatic carbocycles. The van der Waals surface area contributed by atoms with Gasteiger partial charge in [0, 0.05) is 31.0 Å². The molecule has 0 radical (unpaired) electrons. The molecule has 5 heteroatoms. The second kappa shape index (κ2) is 6.46. The van der Waals surface area contributed by atoms with E-state index < -0.39 is 5.54 Å². The summed E-state index contributed by atoms with van der Waals surface area (Å²) in [5.74, 6) is 1.97. The van der Waals surface area contributed by atoms with E-state index in [-0.39, 0.29) is 11.8 Å². The topological polar surface area (TPSA) is 49.4 Å². The van der Waals surface area contributed by atoms with Crippen molar-refractivity contribution in [2.75, 3.05) is 24.6 Å². The minimum absolute atomic E-state index is 0.0245. The maximum Gasteiger partial charge on any atom is 0.248 e. The van der Waals surface area contributed by atoms with Crippen LogP contribution in [0.4, 0.5) is 0 Å². The van der Waals surface area contributed by atoms with Crippen molar-refractivity contribution in [1.29, 1.82) is 0 Å². The monoisotopic (exact) mass is 282 g/mol. The maximum absolute atomic E-state index is 12.7. The standard InChI is InChI=1S/C14H22N2O2S/c1-2-10-19-11-9-16-8-5-12(17)15-14(13(16)18)6-3-4-7-14/h2H,1,3-11H2,(H,15,17). The highest BCUT2D eigenvalue weighted by molar-refractivity contribution is 7.99. The smallest absolute Gasteiger partial charge is 0.248 e. The highest BCUT2D eigenvalue weighted by Gasteiger charge is 2.46. The lowest BCUT2D eigenvalue weighted by Crippen LogP contribution is -2.55. The third kappa shape index (κ3) is 3.32. The van der Waals surface area contributed by atoms with Crippen LogP contribution in [0.5, 0.6) is 0 Å². The number of nitrogens with zero attached hydrogens (tertiary/aromatic N) is 1. The highest BCUT2D eigenvalue weighted by atomic mass is 32.2. The summed E-state index contributed by atoms with van der Waals surface area (Å²) in [6.07, 6.45) is 5.97. The van der Waals surface area contributed by atoms with E-state index in [1.54, 1.807) is 11.8 Å². The van der Waals surface area contributed by atoms with E-state index in [1.165, 1.54) is 0 Å². The van der Waals surface area contributed by atoms with Gasteiger partial charge in [-0.25, -0.2) is 0 Å². The zero-order chi connectivity index (χ0) is 13.7. The molecule has 106 valence electrons. The fourth-order valence-electron chi connectivity index (χ4n) is 2.90. The fourth-order valence-corrected chi connectivity index (χ4v) is 3.58. The Morgan fingerprint density at radius 2 is 2.11 bits per heavy atom. The van der Waals surface area contributed by atoms with E-state index in [1.807, 2.05) is 11.0 Å². The number of thioether (sulfide) groups is 1. The second-order valence-electron chi connectivity index (χ2n) is 5.24. The Kier molecular flexibility index (Phi) is 4.91. The van der Waals surface area contributed by atoms with Gasteiger partial charge in [-0.2, -0.15) is 11.8 Å². The molecule has 2 fully saturated rings. The van der Waals surface area contributed by atoms with Crippen molar-refractivity contribution in [3.05, 3.63) is 12.7 Å². The molecule has 0 aromatic rings. The molecule has 1 saturated heterocycles. The Balaban J connectivity index is 2.00. The Bertz CT molecular complexity index is 364. The van der Waals surface area contributed by atoms with Crippen molar-refractivity contribution in [1.82, 2.24) is 10.2 Å². The lowest BCUT2D eigenvalue weighted by atomic mass is 9.96. The molecule has 0 atom stereocenters. The lowest BCUT2D eigenvalue weighted by molar-refractivity contribution is -0.138. The number of carbonyl (C=O) groups is 2. The van der Waals surface area contributed by atoms with Gasteiger partial charge in [0.15, 0.2) is 0 Å². The number of carbonyl (C=O) groups excluding carboxylic acids is 2. The average Bonchev–Trinajstić information content (AvgIpc) is 2.82. The molecule has 4 nitrogen and oxygen atoms in total. The molecule has 1 aliphatic carbocycles. The SMILES string of the molecule is C=CCSCCN1CCC(=O)NC2(CCCC2)C1=O. The van der Waals surface area contributed by atoms with Gasteiger partial charge in [-0.05, 0) is 12.8 Å². The first-order valence-electron chi connectivity index (χ1n) is 6.97. The highest BCUT2D eigenvalue weighted by Crippen LogP contribution is 2.33. The zero-order valence-corrected chi connectivity index (χ0v) is 12.1. The van der Waals surface area contributed by atoms with Gasteiger partial charge in [0.05, 0.1) is 0 Å². The fraction of sp³-hybridized carbons (Fsp3) is 0.714. The van der Waals surface area contributed by atoms with Gasteiger partial charge in [-0.3, -0.25) is 9.59 Å². The molecule has 0 bridgehead atoms. The van der Waals surface area contributed by atoms with Crippen LogP contribution >= 0.6 is 11.8 Å². The van der Waals surface area contributed by atoms with Gasteiger partial charge in [0.2, 0.25) is 11.8 Å². The van der Waals surface area contributed by atoms with E-state index >= 15 is 0 Å². The van der Waals surface area contributed by atoms with Gasteiger partial charge >= 0.3 is 0 Å². The average molecular weight is 282 g/mol. The molecule has 1 aliphatic heterocycles. The summed E-state index contributed by atoms with van der Waals surface area (Å²) >= 11 is 1.77. The molecule has 2 amide bonds. The number of nitrogens with one attached hydrogen (secondary N) is 1. The normalized spacial score (nSPS) is 22.4. The van der Waals surface area contributed by atoms with Gasteiger partial charge < -0.3 is 10.2 Å². The van der Waals surface area contributed by atoms with Crippen molar-refractivity contribution in [2.24, 2.45) is 0 Å². The Hall–Kier alpha value is -0.970. The van der Waals surface area contributed by atoms with Crippen LogP contribution in [0.15, 0.2) is 12.7 Å². The summed E-state index contributed by atoms with van der Waals surface area (Å²) in [7, 11) is 0. The summed E-state index contributed by atoms with van der Waals surface area (Å²) in [5.41, 5.74) is -0.587. The molecular weight excluding hydrogens is 260 g/mol. The summed E-state index contributed by atoms with van der Waals surface area (Å²) in [6, 6.07) is 0. The van der Waals surface area contributed by atoms with E-state index in [0.29, 0.717) is 13.0 Å². The third-order valence-corrected chi connectivity index (χ3v) is 4.83. The van der Waals surface area contributed by atoms with Crippen LogP contribution in [0.1, 0.15) is 32.1 Å². The Morgan fingerprint density at radius 1 is 1.37 bits per heavy atom. The summed E-state index contributed by atoms with van der Waals surface area (Å²) in [4.78, 5) is 26.3. The maximum atomic E-state index is 12.7. The molecule has 0 unspecified atom stereocenters. The Labute approximate surface area is 119 Å². The van der Waals surface area contributed by atoms with Gasteiger partial charge in [-0.1, -0.05) is 18.9 Å². The molecular formula is C14H22N2O2S. The molecule has 1 heterocycles. The quantitative estimate of drug-likeness (QED) is 0.615. The van der Waals surface area contributed by atoms with Gasteiger partial charge in [0.25, 0.3) is 0 Å². The molecule has 19 heavy (non-hydrogen) atoms. The number of hydrogen-bond acceptors (Lipinski definition) is 3. The lowest BCUT2D eigenvalue weighted by Gasteiger charge is -2.31. The van der Waals surface area contributed by atoms with Gasteiger partial charge in [0.1, 0.15) is 5.54 Å². The molecule has 0 aromatic heterocycles. The Morgan fingerprint density at radius 3 is 2.79 bits per heavy atom. The van der Waals surface area contributed by atoms with E-state index in [0.717, 1.165) is 43.7 Å². The molecule has 2 aliphatic rings. The van der Waals surface area contributed by atoms with Crippen LogP contribution in [0.2, 0.25) is 0 Å². The molecule has 1 N–H and O–H groups in total. The van der Waals surface area contributed by atoms with Crippen LogP contribution in [0.25, 0.3) is 0 Å². The van der Waals surface area contributed by atoms with Crippen molar-refractivity contribution < 1.29 is 9.59 Å². The summed E-state index contributed by atoms with van der Waals surface area (Å²) < 4.78 is 0. The van der Waals surface area contributed by atoms with Crippen molar-refractivity contribution >= 4 is 23.6 Å². The van der Waals surface area contributed by atoms with Crippen LogP contribution < -0.4 is 5.32 Å². The third-order valence-electron chi connectivity index (χ3n) is 3.88. The second-order valence-corrected chi connectivity index (χ2v) is 6.39. The van der Waals surface area contributed by atoms with Gasteiger partial charge in [-0.15, -0.1) is 6.58 Å². The van der Waals surface area contributed by atoms with Crippen molar-refractivity contribution in [2.45, 2.75) is 37.6 Å². The number of amides is 2. The van der Waals surface area contributed by atoms with Crippen LogP contribution in [0.3, 0.4) is 0 Å². The van der Waals surface area contributed by atoms with E-state index in [2.05, 4.69) is 11.9 Å². The first kappa shape index (κ1) is 14.4. The predicted octanol–water partition coefficient (Wildman–Crippen LogP) is 1.57. The summed E-state index contributed by atoms with van der Waals surface area (Å²) in [5, 5.41) is 2.98. The number of hydrogen-bond donors (Lipinski definition) is 1. The largest absolute Gasteiger partial charge is 0.342 e. The molecule has 1 saturated carbocycles. The first-order chi connectivity index (χ1) is 9.18. The van der Waals surface area contributed by atoms with Crippen molar-refractivity contribution in [3.63, 3.8) is 0 Å². The molecule has 2 rings (SSSR count). The van der Waals surface area contributed by atoms with E-state index in [9.17, 15) is 9.59 Å². The van der Waals surface area contributed by atoms with Crippen LogP contribution in [-0.4, -0.2) is 46.8 Å². The van der Waals surface area contributed by atoms with Crippen LogP contribution in [0, 0.1) is 0 Å². The minimum atomic E-state index is -0.587. The molecule has 1 spiro atoms.